The van der Waals surface area contributed by atoms with Crippen LogP contribution in [0.25, 0.3) is 10.9 Å². The summed E-state index contributed by atoms with van der Waals surface area (Å²) >= 11 is 6.86. The van der Waals surface area contributed by atoms with Crippen LogP contribution in [0.1, 0.15) is 111 Å². The number of halogens is 1. The lowest BCUT2D eigenvalue weighted by atomic mass is 9.83. The van der Waals surface area contributed by atoms with Gasteiger partial charge < -0.3 is 87.7 Å². The summed E-state index contributed by atoms with van der Waals surface area (Å²) in [6.45, 7) is 16.8. The molecular weight excluding hydrogens is 1340 g/mol. The second-order valence-corrected chi connectivity index (χ2v) is 26.9. The Morgan fingerprint density at radius 1 is 0.891 bits per heavy atom. The number of aromatic nitrogens is 1. The van der Waals surface area contributed by atoms with Gasteiger partial charge in [0.1, 0.15) is 61.0 Å². The lowest BCUT2D eigenvalue weighted by Crippen LogP contribution is -2.63. The van der Waals surface area contributed by atoms with E-state index in [1.807, 2.05) is 74.9 Å². The van der Waals surface area contributed by atoms with Crippen LogP contribution in [0.4, 0.5) is 10.5 Å². The van der Waals surface area contributed by atoms with Crippen molar-refractivity contribution in [1.82, 2.24) is 35.6 Å². The third-order valence-corrected chi connectivity index (χ3v) is 19.2. The number of benzene rings is 2. The number of nitrogens with zero attached hydrogens (tertiary/aromatic N) is 4. The van der Waals surface area contributed by atoms with Crippen molar-refractivity contribution in [2.45, 2.75) is 193 Å². The van der Waals surface area contributed by atoms with Gasteiger partial charge in [0.05, 0.1) is 62.5 Å². The number of hydrogen-bond acceptors (Lipinski definition) is 22. The lowest BCUT2D eigenvalue weighted by Gasteiger charge is -2.44. The van der Waals surface area contributed by atoms with E-state index in [1.54, 1.807) is 40.0 Å². The van der Waals surface area contributed by atoms with Gasteiger partial charge in [-0.05, 0) is 82.4 Å². The second kappa shape index (κ2) is 36.2. The molecular formula is C71H99ClN8O21. The molecule has 30 heteroatoms. The van der Waals surface area contributed by atoms with Gasteiger partial charge in [0.25, 0.3) is 0 Å². The van der Waals surface area contributed by atoms with Crippen LogP contribution in [-0.4, -0.2) is 226 Å². The molecule has 1 aromatic heterocycles. The highest BCUT2D eigenvalue weighted by atomic mass is 35.5. The standard InChI is InChI=1S/C71H99ClN8O21/c1-15-77(11)38-50-34-49-20-16-17-21-52(49)80(50)26-23-58(84)74-51(35-59(85)75-67-43(5)63(96-46(8)82)64(97-47(9)83)55(98-67)39-95-45(7)81)66(88)73-25-28-94-30-29-93-27-24-60(86)78(12)44(6)68(89)100-57-36-61(87)79(13)53-33-48(32-41(3)62(53)72)31-40(2)19-18-22-56(92-14)71(91)37-54(99-69(90)76-71)42(4)65-70(57,10)101-65/h16-22,32-34,42-44,51,54-57,63-65,67,91H,15,23-31,35-39H2,1-14H3,(H,73,88)(H,74,84)(H,75,85)(H,76,90)/b22-18+,40-19+/t42-,43-,44+,51+,54+,55-,56-,57+,63-,64-,65?,67-,70+,71-/m1/s1. The van der Waals surface area contributed by atoms with Gasteiger partial charge in [-0.2, -0.15) is 0 Å². The maximum absolute atomic E-state index is 14.4. The molecule has 1 unspecified atom stereocenters. The average molecular weight is 1440 g/mol. The summed E-state index contributed by atoms with van der Waals surface area (Å²) in [6.07, 6.45) is -5.24. The highest BCUT2D eigenvalue weighted by Crippen LogP contribution is 2.49. The summed E-state index contributed by atoms with van der Waals surface area (Å²) in [4.78, 5) is 138. The van der Waals surface area contributed by atoms with Crippen LogP contribution in [0, 0.1) is 18.8 Å². The minimum absolute atomic E-state index is 0.0197. The van der Waals surface area contributed by atoms with Gasteiger partial charge in [-0.1, -0.05) is 80.4 Å². The van der Waals surface area contributed by atoms with E-state index in [9.17, 15) is 53.1 Å². The molecule has 0 spiro atoms. The lowest BCUT2D eigenvalue weighted by molar-refractivity contribution is -0.235. The van der Waals surface area contributed by atoms with E-state index in [2.05, 4.69) is 32.2 Å². The molecule has 29 nitrogen and oxygen atoms in total. The first-order valence-corrected chi connectivity index (χ1v) is 34.3. The Morgan fingerprint density at radius 3 is 2.27 bits per heavy atom. The fourth-order valence-corrected chi connectivity index (χ4v) is 12.9. The Kier molecular flexibility index (Phi) is 28.8. The largest absolute Gasteiger partial charge is 0.463 e. The van der Waals surface area contributed by atoms with Gasteiger partial charge >= 0.3 is 30.0 Å². The first kappa shape index (κ1) is 80.3. The smallest absolute Gasteiger partial charge is 0.409 e. The number of hydrogen-bond donors (Lipinski definition) is 5. The number of epoxide rings is 1. The number of methoxy groups -OCH3 is 1. The van der Waals surface area contributed by atoms with Crippen LogP contribution in [0.2, 0.25) is 5.02 Å². The molecule has 7 rings (SSSR count). The van der Waals surface area contributed by atoms with Gasteiger partial charge in [0, 0.05) is 97.5 Å². The molecule has 4 bridgehead atoms. The number of likely N-dealkylation sites (N-methyl/N-ethyl adjacent to an activating group) is 1. The molecule has 4 aliphatic heterocycles. The number of carbonyl (C=O) groups is 10. The fraction of sp³-hybridized carbons (Fsp3) is 0.606. The predicted molar refractivity (Wildman–Crippen MR) is 367 cm³/mol. The number of alkyl carbamates (subject to hydrolysis) is 1. The molecule has 4 aliphatic rings. The Labute approximate surface area is 593 Å². The Bertz CT molecular complexity index is 3550. The number of esters is 4. The maximum Gasteiger partial charge on any atom is 0.409 e. The highest BCUT2D eigenvalue weighted by Gasteiger charge is 2.65. The quantitative estimate of drug-likeness (QED) is 0.0286. The number of amides is 6. The molecule has 5 N–H and O–H groups in total. The number of ether oxygens (including phenoxy) is 10. The summed E-state index contributed by atoms with van der Waals surface area (Å²) in [7, 11) is 6.40. The van der Waals surface area contributed by atoms with Crippen molar-refractivity contribution in [3.8, 4) is 0 Å². The summed E-state index contributed by atoms with van der Waals surface area (Å²) in [6, 6.07) is 11.0. The van der Waals surface area contributed by atoms with Crippen molar-refractivity contribution in [2.75, 3.05) is 79.3 Å². The van der Waals surface area contributed by atoms with E-state index < -0.39 is 157 Å². The third-order valence-electron chi connectivity index (χ3n) is 18.7. The van der Waals surface area contributed by atoms with Crippen molar-refractivity contribution in [3.63, 3.8) is 0 Å². The topological polar surface area (TPSA) is 349 Å². The zero-order valence-corrected chi connectivity index (χ0v) is 60.8. The molecule has 3 saturated heterocycles. The van der Waals surface area contributed by atoms with Crippen molar-refractivity contribution in [3.05, 3.63) is 88.1 Å². The van der Waals surface area contributed by atoms with E-state index >= 15 is 0 Å². The molecule has 14 atom stereocenters. The number of anilines is 1. The molecule has 0 radical (unpaired) electrons. The SMILES string of the molecule is CCN(C)Cc1cc2ccccc2n1CCC(=O)N[C@@H](CC(=O)N[C@@H]1O[C@H](COC(C)=O)[C@@H](OC(C)=O)[C@H](OC(C)=O)[C@H]1C)C(=O)NCCOCCOCCC(=O)N(C)[C@@H](C)C(=O)O[C@H]1CC(=O)N(C)c2cc(cc(C)c2Cl)C/C(C)=C/C=C/[C@@H](OC)[C@]2(O)C[C@H](OC(=O)N2)[C@@H](C)C2O[C@]21C. The van der Waals surface area contributed by atoms with E-state index in [4.69, 9.17) is 59.0 Å². The number of aryl methyl sites for hydroxylation is 2. The average Bonchev–Trinajstić information content (AvgIpc) is 1.57. The second-order valence-electron chi connectivity index (χ2n) is 26.5. The number of fused-ring (bicyclic) bond motifs is 6. The van der Waals surface area contributed by atoms with Crippen LogP contribution < -0.4 is 26.2 Å². The Hall–Kier alpha value is -8.03. The van der Waals surface area contributed by atoms with Gasteiger partial charge in [0.2, 0.25) is 29.5 Å². The fourth-order valence-electron chi connectivity index (χ4n) is 12.7. The first-order valence-electron chi connectivity index (χ1n) is 34.0. The van der Waals surface area contributed by atoms with Crippen LogP contribution >= 0.6 is 11.6 Å². The minimum Gasteiger partial charge on any atom is -0.463 e. The van der Waals surface area contributed by atoms with Gasteiger partial charge in [-0.3, -0.25) is 43.7 Å². The van der Waals surface area contributed by atoms with E-state index in [0.717, 1.165) is 60.6 Å². The molecule has 3 fully saturated rings. The molecule has 0 saturated carbocycles. The third kappa shape index (κ3) is 21.5. The van der Waals surface area contributed by atoms with Gasteiger partial charge in [-0.25, -0.2) is 9.59 Å². The Balaban J connectivity index is 0.944. The highest BCUT2D eigenvalue weighted by molar-refractivity contribution is 6.34. The summed E-state index contributed by atoms with van der Waals surface area (Å²) in [5.74, 6) is -7.41. The number of rotatable bonds is 28. The first-order chi connectivity index (χ1) is 47.8. The molecule has 2 aromatic carbocycles. The van der Waals surface area contributed by atoms with Crippen LogP contribution in [0.15, 0.2) is 66.3 Å². The van der Waals surface area contributed by atoms with E-state index in [0.29, 0.717) is 23.7 Å². The van der Waals surface area contributed by atoms with Crippen molar-refractivity contribution >= 4 is 87.7 Å². The molecule has 3 aromatic rings. The van der Waals surface area contributed by atoms with Crippen molar-refractivity contribution < 1.29 is 100 Å². The summed E-state index contributed by atoms with van der Waals surface area (Å²) < 4.78 is 59.8. The number of aliphatic hydroxyl groups is 1. The maximum atomic E-state index is 14.4. The Morgan fingerprint density at radius 2 is 1.58 bits per heavy atom. The van der Waals surface area contributed by atoms with Crippen molar-refractivity contribution in [2.24, 2.45) is 11.8 Å². The van der Waals surface area contributed by atoms with Crippen LogP contribution in [0.3, 0.4) is 0 Å². The number of carbonyl (C=O) groups excluding carboxylic acids is 10. The number of nitrogens with one attached hydrogen (secondary N) is 4. The molecule has 5 heterocycles. The number of para-hydroxylation sites is 1. The minimum atomic E-state index is -1.89. The van der Waals surface area contributed by atoms with Crippen molar-refractivity contribution in [1.29, 1.82) is 0 Å². The monoisotopic (exact) mass is 1430 g/mol. The zero-order chi connectivity index (χ0) is 74.2. The molecule has 0 aliphatic carbocycles. The molecule has 6 amide bonds. The van der Waals surface area contributed by atoms with Crippen LogP contribution in [-0.2, 0) is 110 Å². The summed E-state index contributed by atoms with van der Waals surface area (Å²) in [5.41, 5.74) is 1.61. The zero-order valence-electron chi connectivity index (χ0n) is 60.1. The van der Waals surface area contributed by atoms with E-state index in [-0.39, 0.29) is 65.2 Å². The van der Waals surface area contributed by atoms with Crippen LogP contribution in [0.5, 0.6) is 0 Å². The normalized spacial score (nSPS) is 26.7. The molecule has 556 valence electrons. The van der Waals surface area contributed by atoms with Gasteiger partial charge in [-0.15, -0.1) is 0 Å². The summed E-state index contributed by atoms with van der Waals surface area (Å²) in [5, 5.41) is 23.9. The number of allylic oxidation sites excluding steroid dienone is 3. The molecule has 101 heavy (non-hydrogen) atoms. The van der Waals surface area contributed by atoms with E-state index in [1.165, 1.54) is 30.9 Å². The predicted octanol–water partition coefficient (Wildman–Crippen LogP) is 4.63. The van der Waals surface area contributed by atoms with Gasteiger partial charge in [0.15, 0.2) is 11.8 Å².